The van der Waals surface area contributed by atoms with E-state index in [2.05, 4.69) is 4.18 Å². The summed E-state index contributed by atoms with van der Waals surface area (Å²) in [5.74, 6) is -13.6. The standard InChI is InChI=1S/C22H13F8NO3S/c23-16-17(24)19(26)21(20(27)18(16)25)34-35(32)10-2-4-13-11(5-6-33-15(13)8-10)12-3-1-9(7-14(12)31)22(28,29)30/h1-4,7-8,11H,5-6,31H2. The molecule has 3 aromatic carbocycles. The lowest BCUT2D eigenvalue weighted by Gasteiger charge is -2.28. The molecule has 2 atom stereocenters. The number of hydrogen-bond acceptors (Lipinski definition) is 4. The van der Waals surface area contributed by atoms with Crippen LogP contribution in [-0.2, 0) is 17.3 Å². The molecule has 0 bridgehead atoms. The summed E-state index contributed by atoms with van der Waals surface area (Å²) >= 11 is -2.71. The van der Waals surface area contributed by atoms with Gasteiger partial charge in [0.2, 0.25) is 45.9 Å². The first-order valence-electron chi connectivity index (χ1n) is 9.75. The minimum atomic E-state index is -4.57. The number of alkyl halides is 3. The van der Waals surface area contributed by atoms with E-state index >= 15 is 0 Å². The molecule has 0 fully saturated rings. The summed E-state index contributed by atoms with van der Waals surface area (Å²) in [5.41, 5.74) is 5.72. The van der Waals surface area contributed by atoms with Crippen LogP contribution in [0.4, 0.5) is 40.8 Å². The molecule has 0 radical (unpaired) electrons. The van der Waals surface area contributed by atoms with Gasteiger partial charge in [-0.15, -0.1) is 0 Å². The average Bonchev–Trinajstić information content (AvgIpc) is 2.82. The molecule has 0 aromatic heterocycles. The molecule has 1 aliphatic heterocycles. The molecule has 0 amide bonds. The van der Waals surface area contributed by atoms with Crippen LogP contribution < -0.4 is 14.7 Å². The third kappa shape index (κ3) is 4.51. The van der Waals surface area contributed by atoms with Crippen LogP contribution in [0, 0.1) is 29.1 Å². The highest BCUT2D eigenvalue weighted by molar-refractivity contribution is 7.80. The predicted molar refractivity (Wildman–Crippen MR) is 108 cm³/mol. The third-order valence-corrected chi connectivity index (χ3v) is 6.29. The Morgan fingerprint density at radius 1 is 0.886 bits per heavy atom. The monoisotopic (exact) mass is 523 g/mol. The topological polar surface area (TPSA) is 61.5 Å². The number of hydrogen-bond donors (Lipinski definition) is 1. The van der Waals surface area contributed by atoms with Crippen molar-refractivity contribution in [1.82, 2.24) is 0 Å². The Hall–Kier alpha value is -3.35. The zero-order chi connectivity index (χ0) is 25.7. The van der Waals surface area contributed by atoms with Crippen molar-refractivity contribution in [2.75, 3.05) is 12.3 Å². The van der Waals surface area contributed by atoms with Gasteiger partial charge in [-0.2, -0.15) is 22.0 Å². The van der Waals surface area contributed by atoms with Gasteiger partial charge < -0.3 is 14.7 Å². The van der Waals surface area contributed by atoms with E-state index in [0.717, 1.165) is 12.1 Å². The lowest BCUT2D eigenvalue weighted by atomic mass is 9.85. The molecule has 0 saturated heterocycles. The fourth-order valence-electron chi connectivity index (χ4n) is 3.65. The van der Waals surface area contributed by atoms with E-state index in [1.54, 1.807) is 0 Å². The molecule has 35 heavy (non-hydrogen) atoms. The molecule has 13 heteroatoms. The smallest absolute Gasteiger partial charge is 0.416 e. The second-order valence-electron chi connectivity index (χ2n) is 7.45. The van der Waals surface area contributed by atoms with E-state index in [1.165, 1.54) is 24.3 Å². The summed E-state index contributed by atoms with van der Waals surface area (Å²) in [7, 11) is 0. The maximum Gasteiger partial charge on any atom is 0.416 e. The quantitative estimate of drug-likeness (QED) is 0.197. The van der Waals surface area contributed by atoms with Crippen molar-refractivity contribution in [1.29, 1.82) is 0 Å². The van der Waals surface area contributed by atoms with Gasteiger partial charge in [0.25, 0.3) is 0 Å². The van der Waals surface area contributed by atoms with Crippen LogP contribution in [0.25, 0.3) is 0 Å². The van der Waals surface area contributed by atoms with Crippen LogP contribution in [0.2, 0.25) is 0 Å². The minimum absolute atomic E-state index is 0.0972. The molecule has 1 aliphatic rings. The minimum Gasteiger partial charge on any atom is -0.493 e. The van der Waals surface area contributed by atoms with E-state index in [-0.39, 0.29) is 22.9 Å². The number of ether oxygens (including phenoxy) is 1. The second kappa shape index (κ2) is 9.02. The molecule has 2 unspecified atom stereocenters. The largest absolute Gasteiger partial charge is 0.493 e. The Kier molecular flexibility index (Phi) is 6.38. The van der Waals surface area contributed by atoms with Crippen molar-refractivity contribution >= 4 is 16.8 Å². The molecule has 186 valence electrons. The number of nitrogens with two attached hydrogens (primary N) is 1. The van der Waals surface area contributed by atoms with E-state index in [0.29, 0.717) is 17.5 Å². The van der Waals surface area contributed by atoms with Crippen LogP contribution in [0.1, 0.15) is 29.0 Å². The van der Waals surface area contributed by atoms with Gasteiger partial charge >= 0.3 is 6.18 Å². The normalized spacial score (nSPS) is 16.4. The lowest BCUT2D eigenvalue weighted by Crippen LogP contribution is -2.17. The van der Waals surface area contributed by atoms with Crippen molar-refractivity contribution in [3.05, 3.63) is 82.2 Å². The van der Waals surface area contributed by atoms with Gasteiger partial charge in [-0.05, 0) is 30.2 Å². The summed E-state index contributed by atoms with van der Waals surface area (Å²) in [4.78, 5) is -0.228. The molecule has 0 aliphatic carbocycles. The SMILES string of the molecule is Nc1cc(C(F)(F)F)ccc1C1CCOc2cc(S(=O)Oc3c(F)c(F)c(F)c(F)c3F)ccc21. The summed E-state index contributed by atoms with van der Waals surface area (Å²) in [6, 6.07) is 6.71. The van der Waals surface area contributed by atoms with Crippen LogP contribution in [0.15, 0.2) is 41.3 Å². The number of nitrogen functional groups attached to an aromatic ring is 1. The van der Waals surface area contributed by atoms with Gasteiger partial charge in [-0.1, -0.05) is 12.1 Å². The molecule has 3 aromatic rings. The molecule has 0 saturated carbocycles. The Labute approximate surface area is 194 Å². The van der Waals surface area contributed by atoms with E-state index in [9.17, 15) is 39.3 Å². The predicted octanol–water partition coefficient (Wildman–Crippen LogP) is 6.00. The molecular weight excluding hydrogens is 510 g/mol. The van der Waals surface area contributed by atoms with Gasteiger partial charge in [0.1, 0.15) is 5.75 Å². The van der Waals surface area contributed by atoms with E-state index in [4.69, 9.17) is 10.5 Å². The first kappa shape index (κ1) is 24.8. The van der Waals surface area contributed by atoms with Gasteiger partial charge in [-0.25, -0.2) is 17.4 Å². The first-order chi connectivity index (χ1) is 16.4. The maximum atomic E-state index is 13.8. The van der Waals surface area contributed by atoms with Crippen molar-refractivity contribution in [3.8, 4) is 11.5 Å². The van der Waals surface area contributed by atoms with Crippen molar-refractivity contribution in [2.24, 2.45) is 0 Å². The highest BCUT2D eigenvalue weighted by atomic mass is 32.2. The number of rotatable bonds is 4. The average molecular weight is 523 g/mol. The van der Waals surface area contributed by atoms with E-state index in [1.807, 2.05) is 0 Å². The van der Waals surface area contributed by atoms with Gasteiger partial charge in [0, 0.05) is 23.2 Å². The zero-order valence-corrected chi connectivity index (χ0v) is 18.0. The van der Waals surface area contributed by atoms with Crippen LogP contribution in [0.5, 0.6) is 11.5 Å². The summed E-state index contributed by atoms with van der Waals surface area (Å²) < 4.78 is 129. The third-order valence-electron chi connectivity index (χ3n) is 5.34. The zero-order valence-electron chi connectivity index (χ0n) is 17.2. The van der Waals surface area contributed by atoms with Gasteiger partial charge in [-0.3, -0.25) is 0 Å². The maximum absolute atomic E-state index is 13.8. The summed E-state index contributed by atoms with van der Waals surface area (Å²) in [6.45, 7) is 0.104. The molecule has 2 N–H and O–H groups in total. The van der Waals surface area contributed by atoms with E-state index < -0.39 is 63.6 Å². The summed E-state index contributed by atoms with van der Waals surface area (Å²) in [6.07, 6.45) is -4.22. The number of halogens is 8. The number of anilines is 1. The molecule has 4 nitrogen and oxygen atoms in total. The number of fused-ring (bicyclic) bond motifs is 1. The van der Waals surface area contributed by atoms with Crippen molar-refractivity contribution in [2.45, 2.75) is 23.4 Å². The fraction of sp³-hybridized carbons (Fsp3) is 0.182. The van der Waals surface area contributed by atoms with Crippen molar-refractivity contribution < 1.29 is 48.3 Å². The Morgan fingerprint density at radius 3 is 2.09 bits per heavy atom. The highest BCUT2D eigenvalue weighted by Crippen LogP contribution is 2.42. The summed E-state index contributed by atoms with van der Waals surface area (Å²) in [5, 5.41) is 0. The van der Waals surface area contributed by atoms with Gasteiger partial charge in [0.05, 0.1) is 17.1 Å². The first-order valence-corrected chi connectivity index (χ1v) is 10.8. The molecule has 4 rings (SSSR count). The van der Waals surface area contributed by atoms with Crippen LogP contribution in [0.3, 0.4) is 0 Å². The Bertz CT molecular complexity index is 1320. The molecule has 0 spiro atoms. The van der Waals surface area contributed by atoms with Crippen molar-refractivity contribution in [3.63, 3.8) is 0 Å². The molecule has 1 heterocycles. The lowest BCUT2D eigenvalue weighted by molar-refractivity contribution is -0.137. The Balaban J connectivity index is 1.65. The highest BCUT2D eigenvalue weighted by Gasteiger charge is 2.33. The second-order valence-corrected chi connectivity index (χ2v) is 8.56. The van der Waals surface area contributed by atoms with Crippen LogP contribution >= 0.6 is 0 Å². The van der Waals surface area contributed by atoms with Gasteiger partial charge in [0.15, 0.2) is 0 Å². The fourth-order valence-corrected chi connectivity index (χ4v) is 4.42. The Morgan fingerprint density at radius 2 is 1.49 bits per heavy atom. The molecular formula is C22H13F8NO3S. The number of benzene rings is 3. The van der Waals surface area contributed by atoms with Crippen LogP contribution in [-0.4, -0.2) is 10.8 Å².